The predicted octanol–water partition coefficient (Wildman–Crippen LogP) is 1.90. The third-order valence-electron chi connectivity index (χ3n) is 3.75. The van der Waals surface area contributed by atoms with Crippen LogP contribution in [0.5, 0.6) is 0 Å². The molecule has 0 spiro atoms. The van der Waals surface area contributed by atoms with Gasteiger partial charge in [0.05, 0.1) is 0 Å². The van der Waals surface area contributed by atoms with E-state index in [9.17, 15) is 4.79 Å². The molecule has 0 aliphatic heterocycles. The van der Waals surface area contributed by atoms with E-state index in [1.54, 1.807) is 12.3 Å². The number of carbonyl (C=O) groups excluding carboxylic acids is 1. The molecular weight excluding hydrogens is 252 g/mol. The Morgan fingerprint density at radius 1 is 1.25 bits per heavy atom. The molecule has 20 heavy (non-hydrogen) atoms. The first-order chi connectivity index (χ1) is 9.75. The van der Waals surface area contributed by atoms with Gasteiger partial charge in [0.2, 0.25) is 0 Å². The quantitative estimate of drug-likeness (QED) is 0.547. The van der Waals surface area contributed by atoms with E-state index >= 15 is 0 Å². The van der Waals surface area contributed by atoms with Gasteiger partial charge in [-0.3, -0.25) is 9.78 Å². The van der Waals surface area contributed by atoms with Gasteiger partial charge >= 0.3 is 0 Å². The Bertz CT molecular complexity index is 428. The first-order valence-corrected chi connectivity index (χ1v) is 7.49. The van der Waals surface area contributed by atoms with Gasteiger partial charge in [0.15, 0.2) is 0 Å². The van der Waals surface area contributed by atoms with E-state index in [1.807, 2.05) is 6.07 Å². The van der Waals surface area contributed by atoms with E-state index in [2.05, 4.69) is 15.6 Å². The maximum absolute atomic E-state index is 11.0. The Balaban J connectivity index is 1.70. The van der Waals surface area contributed by atoms with Crippen molar-refractivity contribution < 1.29 is 4.79 Å². The van der Waals surface area contributed by atoms with Crippen molar-refractivity contribution in [2.75, 3.05) is 18.4 Å². The first-order valence-electron chi connectivity index (χ1n) is 7.49. The average Bonchev–Trinajstić information content (AvgIpc) is 2.72. The summed E-state index contributed by atoms with van der Waals surface area (Å²) in [7, 11) is 0. The van der Waals surface area contributed by atoms with Crippen molar-refractivity contribution in [1.29, 1.82) is 0 Å². The van der Waals surface area contributed by atoms with Crippen LogP contribution in [0.2, 0.25) is 0 Å². The van der Waals surface area contributed by atoms with Crippen molar-refractivity contribution in [3.05, 3.63) is 24.0 Å². The maximum atomic E-state index is 11.0. The van der Waals surface area contributed by atoms with Gasteiger partial charge in [-0.2, -0.15) is 0 Å². The van der Waals surface area contributed by atoms with E-state index in [1.165, 1.54) is 38.5 Å². The van der Waals surface area contributed by atoms with Crippen LogP contribution in [0.25, 0.3) is 0 Å². The highest BCUT2D eigenvalue weighted by atomic mass is 16.1. The molecule has 1 fully saturated rings. The summed E-state index contributed by atoms with van der Waals surface area (Å²) in [6, 6.07) is 4.20. The molecule has 0 atom stereocenters. The second kappa shape index (κ2) is 7.85. The number of hydrogen-bond donors (Lipinski definition) is 3. The molecule has 0 radical (unpaired) electrons. The number of anilines is 1. The molecule has 0 bridgehead atoms. The number of amides is 1. The highest BCUT2D eigenvalue weighted by Gasteiger charge is 2.10. The van der Waals surface area contributed by atoms with Crippen LogP contribution in [0.4, 0.5) is 5.69 Å². The molecule has 0 saturated heterocycles. The molecule has 5 nitrogen and oxygen atoms in total. The summed E-state index contributed by atoms with van der Waals surface area (Å²) in [4.78, 5) is 15.0. The standard InChI is InChI=1S/C15H24N4O/c16-15(20)14-11-13(7-8-19-14)18-10-9-17-12-5-3-1-2-4-6-12/h7-8,11-12,17H,1-6,9-10H2,(H2,16,20)(H,18,19). The van der Waals surface area contributed by atoms with Crippen LogP contribution >= 0.6 is 0 Å². The fourth-order valence-electron chi connectivity index (χ4n) is 2.64. The molecule has 1 amide bonds. The van der Waals surface area contributed by atoms with Crippen molar-refractivity contribution >= 4 is 11.6 Å². The largest absolute Gasteiger partial charge is 0.384 e. The van der Waals surface area contributed by atoms with Gasteiger partial charge in [0.25, 0.3) is 5.91 Å². The summed E-state index contributed by atoms with van der Waals surface area (Å²) in [6.07, 6.45) is 9.63. The molecule has 1 heterocycles. The lowest BCUT2D eigenvalue weighted by atomic mass is 10.1. The van der Waals surface area contributed by atoms with Crippen LogP contribution in [0, 0.1) is 0 Å². The molecule has 4 N–H and O–H groups in total. The van der Waals surface area contributed by atoms with E-state index in [-0.39, 0.29) is 0 Å². The number of pyridine rings is 1. The molecule has 0 unspecified atom stereocenters. The highest BCUT2D eigenvalue weighted by molar-refractivity contribution is 5.91. The fraction of sp³-hybridized carbons (Fsp3) is 0.600. The highest BCUT2D eigenvalue weighted by Crippen LogP contribution is 2.16. The zero-order chi connectivity index (χ0) is 14.2. The molecule has 1 aromatic rings. The lowest BCUT2D eigenvalue weighted by molar-refractivity contribution is 0.0995. The van der Waals surface area contributed by atoms with Gasteiger partial charge in [-0.15, -0.1) is 0 Å². The smallest absolute Gasteiger partial charge is 0.267 e. The molecular formula is C15H24N4O. The number of nitrogens with zero attached hydrogens (tertiary/aromatic N) is 1. The molecule has 1 aliphatic rings. The molecule has 5 heteroatoms. The zero-order valence-electron chi connectivity index (χ0n) is 11.9. The summed E-state index contributed by atoms with van der Waals surface area (Å²) in [6.45, 7) is 1.76. The Hall–Kier alpha value is -1.62. The van der Waals surface area contributed by atoms with E-state index in [0.717, 1.165) is 18.8 Å². The molecule has 1 aromatic heterocycles. The first kappa shape index (κ1) is 14.8. The van der Waals surface area contributed by atoms with Crippen LogP contribution < -0.4 is 16.4 Å². The fourth-order valence-corrected chi connectivity index (χ4v) is 2.64. The van der Waals surface area contributed by atoms with Crippen molar-refractivity contribution in [3.63, 3.8) is 0 Å². The molecule has 2 rings (SSSR count). The van der Waals surface area contributed by atoms with Crippen molar-refractivity contribution in [3.8, 4) is 0 Å². The van der Waals surface area contributed by atoms with Gasteiger partial charge < -0.3 is 16.4 Å². The van der Waals surface area contributed by atoms with Gasteiger partial charge in [-0.25, -0.2) is 0 Å². The minimum Gasteiger partial charge on any atom is -0.384 e. The Morgan fingerprint density at radius 2 is 2.00 bits per heavy atom. The maximum Gasteiger partial charge on any atom is 0.267 e. The summed E-state index contributed by atoms with van der Waals surface area (Å²) >= 11 is 0. The van der Waals surface area contributed by atoms with Gasteiger partial charge in [0, 0.05) is 31.0 Å². The average molecular weight is 276 g/mol. The normalized spacial score (nSPS) is 16.6. The van der Waals surface area contributed by atoms with Crippen LogP contribution in [-0.2, 0) is 0 Å². The lowest BCUT2D eigenvalue weighted by Gasteiger charge is -2.16. The van der Waals surface area contributed by atoms with Crippen LogP contribution in [0.15, 0.2) is 18.3 Å². The van der Waals surface area contributed by atoms with Crippen molar-refractivity contribution in [1.82, 2.24) is 10.3 Å². The summed E-state index contributed by atoms with van der Waals surface area (Å²) in [5.74, 6) is -0.495. The van der Waals surface area contributed by atoms with Crippen molar-refractivity contribution in [2.45, 2.75) is 44.6 Å². The minimum atomic E-state index is -0.495. The summed E-state index contributed by atoms with van der Waals surface area (Å²) in [5.41, 5.74) is 6.39. The van der Waals surface area contributed by atoms with Crippen LogP contribution in [-0.4, -0.2) is 30.0 Å². The van der Waals surface area contributed by atoms with Gasteiger partial charge in [-0.05, 0) is 25.0 Å². The van der Waals surface area contributed by atoms with Gasteiger partial charge in [0.1, 0.15) is 5.69 Å². The Labute approximate surface area is 120 Å². The Kier molecular flexibility index (Phi) is 5.80. The lowest BCUT2D eigenvalue weighted by Crippen LogP contribution is -2.32. The molecule has 1 aliphatic carbocycles. The number of rotatable bonds is 6. The number of carbonyl (C=O) groups is 1. The monoisotopic (exact) mass is 276 g/mol. The minimum absolute atomic E-state index is 0.298. The van der Waals surface area contributed by atoms with Crippen LogP contribution in [0.1, 0.15) is 49.0 Å². The summed E-state index contributed by atoms with van der Waals surface area (Å²) < 4.78 is 0. The third-order valence-corrected chi connectivity index (χ3v) is 3.75. The van der Waals surface area contributed by atoms with E-state index < -0.39 is 5.91 Å². The SMILES string of the molecule is NC(=O)c1cc(NCCNC2CCCCCC2)ccn1. The number of nitrogens with one attached hydrogen (secondary N) is 2. The van der Waals surface area contributed by atoms with E-state index in [0.29, 0.717) is 11.7 Å². The molecule has 110 valence electrons. The molecule has 1 saturated carbocycles. The Morgan fingerprint density at radius 3 is 2.70 bits per heavy atom. The predicted molar refractivity (Wildman–Crippen MR) is 80.7 cm³/mol. The summed E-state index contributed by atoms with van der Waals surface area (Å²) in [5, 5.41) is 6.88. The number of nitrogens with two attached hydrogens (primary N) is 1. The van der Waals surface area contributed by atoms with E-state index in [4.69, 9.17) is 5.73 Å². The van der Waals surface area contributed by atoms with Gasteiger partial charge in [-0.1, -0.05) is 25.7 Å². The zero-order valence-corrected chi connectivity index (χ0v) is 11.9. The third kappa shape index (κ3) is 4.81. The molecule has 0 aromatic carbocycles. The number of hydrogen-bond acceptors (Lipinski definition) is 4. The van der Waals surface area contributed by atoms with Crippen molar-refractivity contribution in [2.24, 2.45) is 5.73 Å². The topological polar surface area (TPSA) is 80.0 Å². The second-order valence-corrected chi connectivity index (χ2v) is 5.36. The number of primary amides is 1. The number of aromatic nitrogens is 1. The van der Waals surface area contributed by atoms with Crippen LogP contribution in [0.3, 0.4) is 0 Å². The second-order valence-electron chi connectivity index (χ2n) is 5.36.